The Hall–Kier alpha value is -2.06. The molecule has 0 radical (unpaired) electrons. The topological polar surface area (TPSA) is 62.3 Å². The number of fused-ring (bicyclic) bond motifs is 1. The van der Waals surface area contributed by atoms with E-state index in [9.17, 15) is 5.26 Å². The molecule has 0 atom stereocenters. The Balaban J connectivity index is 1.14. The summed E-state index contributed by atoms with van der Waals surface area (Å²) in [6.07, 6.45) is 10.6. The van der Waals surface area contributed by atoms with Crippen molar-refractivity contribution >= 4 is 11.0 Å². The summed E-state index contributed by atoms with van der Waals surface area (Å²) in [7, 11) is 0. The van der Waals surface area contributed by atoms with Gasteiger partial charge in [-0.3, -0.25) is 0 Å². The normalized spacial score (nSPS) is 22.0. The van der Waals surface area contributed by atoms with Gasteiger partial charge in [0.05, 0.1) is 23.8 Å². The van der Waals surface area contributed by atoms with Gasteiger partial charge in [-0.25, -0.2) is 0 Å². The van der Waals surface area contributed by atoms with Gasteiger partial charge in [0.2, 0.25) is 0 Å². The number of ether oxygens (including phenoxy) is 1. The highest BCUT2D eigenvalue weighted by atomic mass is 16.5. The first-order valence-corrected chi connectivity index (χ1v) is 11.8. The molecule has 0 spiro atoms. The maximum atomic E-state index is 9.49. The summed E-state index contributed by atoms with van der Waals surface area (Å²) in [6, 6.07) is 6.80. The van der Waals surface area contributed by atoms with E-state index >= 15 is 0 Å². The Labute approximate surface area is 179 Å². The lowest BCUT2D eigenvalue weighted by Gasteiger charge is -2.42. The van der Waals surface area contributed by atoms with E-state index in [0.29, 0.717) is 0 Å². The first kappa shape index (κ1) is 19.9. The highest BCUT2D eigenvalue weighted by Gasteiger charge is 2.39. The Morgan fingerprint density at radius 3 is 2.67 bits per heavy atom. The Morgan fingerprint density at radius 2 is 2.00 bits per heavy atom. The van der Waals surface area contributed by atoms with Crippen molar-refractivity contribution in [2.75, 3.05) is 26.2 Å². The van der Waals surface area contributed by atoms with E-state index in [1.54, 1.807) is 0 Å². The number of piperidine rings is 1. The predicted molar refractivity (Wildman–Crippen MR) is 116 cm³/mol. The smallest absolute Gasteiger partial charge is 0.173 e. The van der Waals surface area contributed by atoms with Crippen molar-refractivity contribution in [3.8, 4) is 11.8 Å². The molecule has 2 saturated carbocycles. The molecule has 1 aromatic carbocycles. The van der Waals surface area contributed by atoms with Gasteiger partial charge in [0.1, 0.15) is 5.75 Å². The minimum Gasteiger partial charge on any atom is -0.493 e. The van der Waals surface area contributed by atoms with E-state index in [-0.39, 0.29) is 5.41 Å². The summed E-state index contributed by atoms with van der Waals surface area (Å²) in [6.45, 7) is 6.14. The van der Waals surface area contributed by atoms with Crippen LogP contribution in [0.4, 0.5) is 0 Å². The van der Waals surface area contributed by atoms with Gasteiger partial charge in [0.15, 0.2) is 5.58 Å². The molecular weight excluding hydrogens is 374 g/mol. The summed E-state index contributed by atoms with van der Waals surface area (Å²) in [4.78, 5) is 2.52. The van der Waals surface area contributed by atoms with Crippen LogP contribution in [0, 0.1) is 35.5 Å². The summed E-state index contributed by atoms with van der Waals surface area (Å²) < 4.78 is 11.7. The number of aromatic nitrogens is 1. The van der Waals surface area contributed by atoms with Gasteiger partial charge in [0, 0.05) is 17.5 Å². The van der Waals surface area contributed by atoms with Crippen LogP contribution in [0.25, 0.3) is 11.0 Å². The third kappa shape index (κ3) is 4.07. The van der Waals surface area contributed by atoms with Crippen molar-refractivity contribution in [2.45, 2.75) is 64.7 Å². The van der Waals surface area contributed by atoms with Crippen molar-refractivity contribution < 1.29 is 9.26 Å². The zero-order valence-electron chi connectivity index (χ0n) is 18.2. The van der Waals surface area contributed by atoms with E-state index in [4.69, 9.17) is 9.26 Å². The van der Waals surface area contributed by atoms with Gasteiger partial charge in [-0.1, -0.05) is 11.6 Å². The first-order chi connectivity index (χ1) is 14.7. The molecule has 0 N–H and O–H groups in total. The fraction of sp³-hybridized carbons (Fsp3) is 0.680. The lowest BCUT2D eigenvalue weighted by atomic mass is 9.69. The molecule has 5 heteroatoms. The number of hydrogen-bond acceptors (Lipinski definition) is 5. The first-order valence-electron chi connectivity index (χ1n) is 11.8. The number of aryl methyl sites for hydroxylation is 2. The average Bonchev–Trinajstić information content (AvgIpc) is 3.48. The standard InChI is InChI=1S/C25H33N3O2/c1-18-23(29-15-20-3-4-20)8-6-21-22(27-30-24(18)21)7-5-19-9-13-28(14-10-19)17-25(16-26)11-2-12-25/h6,8,19-20H,2-5,7,9-15,17H2,1H3. The maximum Gasteiger partial charge on any atom is 0.173 e. The number of rotatable bonds is 8. The summed E-state index contributed by atoms with van der Waals surface area (Å²) in [5.74, 6) is 2.43. The number of nitriles is 1. The monoisotopic (exact) mass is 407 g/mol. The molecule has 0 amide bonds. The van der Waals surface area contributed by atoms with E-state index in [0.717, 1.165) is 91.7 Å². The molecule has 3 fully saturated rings. The summed E-state index contributed by atoms with van der Waals surface area (Å²) >= 11 is 0. The summed E-state index contributed by atoms with van der Waals surface area (Å²) in [5, 5.41) is 15.0. The highest BCUT2D eigenvalue weighted by Crippen LogP contribution is 2.41. The zero-order valence-corrected chi connectivity index (χ0v) is 18.2. The minimum atomic E-state index is -0.0362. The third-order valence-electron chi connectivity index (χ3n) is 7.66. The molecule has 2 aromatic rings. The predicted octanol–water partition coefficient (Wildman–Crippen LogP) is 5.26. The fourth-order valence-corrected chi connectivity index (χ4v) is 5.11. The molecule has 2 heterocycles. The number of benzene rings is 1. The van der Waals surface area contributed by atoms with Crippen LogP contribution in [-0.2, 0) is 6.42 Å². The van der Waals surface area contributed by atoms with Crippen LogP contribution in [0.1, 0.15) is 62.6 Å². The molecular formula is C25H33N3O2. The van der Waals surface area contributed by atoms with Crippen LogP contribution in [0.15, 0.2) is 16.7 Å². The molecule has 1 aliphatic heterocycles. The van der Waals surface area contributed by atoms with Crippen molar-refractivity contribution in [3.05, 3.63) is 23.4 Å². The van der Waals surface area contributed by atoms with Gasteiger partial charge in [-0.2, -0.15) is 5.26 Å². The lowest BCUT2D eigenvalue weighted by Crippen LogP contribution is -2.44. The van der Waals surface area contributed by atoms with Gasteiger partial charge in [-0.05, 0) is 95.3 Å². The quantitative estimate of drug-likeness (QED) is 0.597. The molecule has 5 rings (SSSR count). The second-order valence-corrected chi connectivity index (χ2v) is 9.95. The zero-order chi connectivity index (χ0) is 20.6. The molecule has 2 aliphatic carbocycles. The molecule has 1 aromatic heterocycles. The number of hydrogen-bond donors (Lipinski definition) is 0. The Bertz CT molecular complexity index is 928. The number of likely N-dealkylation sites (tertiary alicyclic amines) is 1. The maximum absolute atomic E-state index is 9.49. The van der Waals surface area contributed by atoms with Crippen LogP contribution in [0.5, 0.6) is 5.75 Å². The second-order valence-electron chi connectivity index (χ2n) is 9.95. The van der Waals surface area contributed by atoms with E-state index in [1.807, 2.05) is 0 Å². The third-order valence-corrected chi connectivity index (χ3v) is 7.66. The molecule has 0 unspecified atom stereocenters. The molecule has 5 nitrogen and oxygen atoms in total. The minimum absolute atomic E-state index is 0.0362. The number of nitrogens with zero attached hydrogens (tertiary/aromatic N) is 3. The lowest BCUT2D eigenvalue weighted by molar-refractivity contribution is 0.0895. The second kappa shape index (κ2) is 8.23. The molecule has 30 heavy (non-hydrogen) atoms. The molecule has 3 aliphatic rings. The van der Waals surface area contributed by atoms with Crippen molar-refractivity contribution in [1.82, 2.24) is 10.1 Å². The van der Waals surface area contributed by atoms with Crippen molar-refractivity contribution in [1.29, 1.82) is 5.26 Å². The van der Waals surface area contributed by atoms with Gasteiger partial charge < -0.3 is 14.2 Å². The largest absolute Gasteiger partial charge is 0.493 e. The Morgan fingerprint density at radius 1 is 1.20 bits per heavy atom. The van der Waals surface area contributed by atoms with Crippen LogP contribution in [0.2, 0.25) is 0 Å². The van der Waals surface area contributed by atoms with Crippen LogP contribution < -0.4 is 4.74 Å². The summed E-state index contributed by atoms with van der Waals surface area (Å²) in [5.41, 5.74) is 3.01. The Kier molecular flexibility index (Phi) is 5.45. The highest BCUT2D eigenvalue weighted by molar-refractivity contribution is 5.84. The van der Waals surface area contributed by atoms with Crippen molar-refractivity contribution in [3.63, 3.8) is 0 Å². The molecule has 1 saturated heterocycles. The SMILES string of the molecule is Cc1c(OCC2CC2)ccc2c(CCC3CCN(CC4(C#N)CCC4)CC3)noc12. The van der Waals surface area contributed by atoms with E-state index < -0.39 is 0 Å². The molecule has 0 bridgehead atoms. The van der Waals surface area contributed by atoms with E-state index in [2.05, 4.69) is 35.2 Å². The van der Waals surface area contributed by atoms with Crippen LogP contribution in [0.3, 0.4) is 0 Å². The molecule has 160 valence electrons. The van der Waals surface area contributed by atoms with Crippen LogP contribution in [-0.4, -0.2) is 36.3 Å². The van der Waals surface area contributed by atoms with E-state index in [1.165, 1.54) is 32.1 Å². The van der Waals surface area contributed by atoms with Gasteiger partial charge >= 0.3 is 0 Å². The fourth-order valence-electron chi connectivity index (χ4n) is 5.11. The van der Waals surface area contributed by atoms with Crippen molar-refractivity contribution in [2.24, 2.45) is 17.3 Å². The van der Waals surface area contributed by atoms with Gasteiger partial charge in [-0.15, -0.1) is 0 Å². The van der Waals surface area contributed by atoms with Crippen LogP contribution >= 0.6 is 0 Å². The average molecular weight is 408 g/mol. The van der Waals surface area contributed by atoms with Gasteiger partial charge in [0.25, 0.3) is 0 Å².